The number of ether oxygens (including phenoxy) is 2. The van der Waals surface area contributed by atoms with Crippen LogP contribution in [0.3, 0.4) is 0 Å². The van der Waals surface area contributed by atoms with E-state index in [9.17, 15) is 0 Å². The quantitative estimate of drug-likeness (QED) is 0.876. The highest BCUT2D eigenvalue weighted by Gasteiger charge is 2.36. The van der Waals surface area contributed by atoms with Crippen LogP contribution < -0.4 is 15.0 Å². The smallest absolute Gasteiger partial charge is 0.162 e. The van der Waals surface area contributed by atoms with Crippen molar-refractivity contribution in [3.8, 4) is 11.5 Å². The van der Waals surface area contributed by atoms with E-state index in [0.717, 1.165) is 48.4 Å². The molecule has 4 rings (SSSR count). The van der Waals surface area contributed by atoms with Gasteiger partial charge in [-0.05, 0) is 62.8 Å². The largest absolute Gasteiger partial charge is 0.493 e. The van der Waals surface area contributed by atoms with Gasteiger partial charge in [-0.25, -0.2) is 0 Å². The maximum absolute atomic E-state index is 6.21. The Balaban J connectivity index is 1.57. The molecule has 0 aromatic heterocycles. The van der Waals surface area contributed by atoms with Crippen molar-refractivity contribution in [1.82, 2.24) is 5.48 Å². The SMILES string of the molecule is COc1ccc(C2=CC3(CCCCC3)ON2)cc1OC1CCCC1. The Morgan fingerprint density at radius 1 is 1.04 bits per heavy atom. The zero-order valence-corrected chi connectivity index (χ0v) is 14.5. The third-order valence-corrected chi connectivity index (χ3v) is 5.54. The molecule has 1 aromatic carbocycles. The summed E-state index contributed by atoms with van der Waals surface area (Å²) in [6, 6.07) is 6.15. The fraction of sp³-hybridized carbons (Fsp3) is 0.600. The number of benzene rings is 1. The highest BCUT2D eigenvalue weighted by molar-refractivity contribution is 5.68. The van der Waals surface area contributed by atoms with Crippen LogP contribution in [0.1, 0.15) is 63.4 Å². The fourth-order valence-corrected chi connectivity index (χ4v) is 4.14. The fourth-order valence-electron chi connectivity index (χ4n) is 4.14. The Morgan fingerprint density at radius 2 is 1.83 bits per heavy atom. The molecule has 2 fully saturated rings. The van der Waals surface area contributed by atoms with E-state index in [1.807, 2.05) is 6.07 Å². The van der Waals surface area contributed by atoms with Gasteiger partial charge in [-0.2, -0.15) is 0 Å². The summed E-state index contributed by atoms with van der Waals surface area (Å²) in [5.74, 6) is 1.65. The van der Waals surface area contributed by atoms with Gasteiger partial charge in [-0.3, -0.25) is 10.3 Å². The molecule has 2 aliphatic carbocycles. The van der Waals surface area contributed by atoms with Crippen LogP contribution in [0, 0.1) is 0 Å². The van der Waals surface area contributed by atoms with Crippen molar-refractivity contribution in [2.24, 2.45) is 0 Å². The lowest BCUT2D eigenvalue weighted by Gasteiger charge is -2.29. The third kappa shape index (κ3) is 3.12. The van der Waals surface area contributed by atoms with Crippen LogP contribution in [0.25, 0.3) is 5.70 Å². The second kappa shape index (κ2) is 6.67. The van der Waals surface area contributed by atoms with Crippen LogP contribution in [0.2, 0.25) is 0 Å². The van der Waals surface area contributed by atoms with Crippen molar-refractivity contribution >= 4 is 5.70 Å². The summed E-state index contributed by atoms with van der Waals surface area (Å²) in [5, 5.41) is 0. The second-order valence-corrected chi connectivity index (χ2v) is 7.28. The zero-order chi connectivity index (χ0) is 16.4. The van der Waals surface area contributed by atoms with Crippen molar-refractivity contribution in [3.63, 3.8) is 0 Å². The topological polar surface area (TPSA) is 39.7 Å². The lowest BCUT2D eigenvalue weighted by molar-refractivity contribution is -0.0557. The van der Waals surface area contributed by atoms with Crippen molar-refractivity contribution in [1.29, 1.82) is 0 Å². The first kappa shape index (κ1) is 15.8. The lowest BCUT2D eigenvalue weighted by Crippen LogP contribution is -2.31. The summed E-state index contributed by atoms with van der Waals surface area (Å²) >= 11 is 0. The highest BCUT2D eigenvalue weighted by atomic mass is 16.7. The van der Waals surface area contributed by atoms with Gasteiger partial charge in [0.05, 0.1) is 18.9 Å². The molecule has 130 valence electrons. The molecular weight excluding hydrogens is 302 g/mol. The average molecular weight is 329 g/mol. The van der Waals surface area contributed by atoms with E-state index in [1.54, 1.807) is 7.11 Å². The van der Waals surface area contributed by atoms with E-state index < -0.39 is 0 Å². The van der Waals surface area contributed by atoms with Crippen LogP contribution in [-0.2, 0) is 4.84 Å². The minimum Gasteiger partial charge on any atom is -0.493 e. The maximum atomic E-state index is 6.21. The molecule has 2 saturated carbocycles. The minimum atomic E-state index is -0.111. The first-order valence-electron chi connectivity index (χ1n) is 9.30. The molecule has 3 aliphatic rings. The molecule has 1 N–H and O–H groups in total. The molecule has 0 atom stereocenters. The van der Waals surface area contributed by atoms with Crippen LogP contribution in [0.5, 0.6) is 11.5 Å². The summed E-state index contributed by atoms with van der Waals surface area (Å²) in [6.07, 6.45) is 13.4. The molecule has 4 heteroatoms. The number of nitrogens with one attached hydrogen (secondary N) is 1. The van der Waals surface area contributed by atoms with Gasteiger partial charge in [0, 0.05) is 5.56 Å². The van der Waals surface area contributed by atoms with Crippen LogP contribution in [0.15, 0.2) is 24.3 Å². The molecule has 1 spiro atoms. The Morgan fingerprint density at radius 3 is 2.58 bits per heavy atom. The van der Waals surface area contributed by atoms with Gasteiger partial charge in [0.25, 0.3) is 0 Å². The minimum absolute atomic E-state index is 0.111. The van der Waals surface area contributed by atoms with Gasteiger partial charge in [0.1, 0.15) is 5.60 Å². The molecule has 0 unspecified atom stereocenters. The summed E-state index contributed by atoms with van der Waals surface area (Å²) in [6.45, 7) is 0. The van der Waals surface area contributed by atoms with E-state index in [-0.39, 0.29) is 5.60 Å². The summed E-state index contributed by atoms with van der Waals surface area (Å²) in [7, 11) is 1.70. The van der Waals surface area contributed by atoms with E-state index in [1.165, 1.54) is 32.1 Å². The molecular formula is C20H27NO3. The monoisotopic (exact) mass is 329 g/mol. The molecule has 1 aromatic rings. The van der Waals surface area contributed by atoms with Crippen LogP contribution in [-0.4, -0.2) is 18.8 Å². The normalized spacial score (nSPS) is 23.1. The first-order chi connectivity index (χ1) is 11.8. The molecule has 4 nitrogen and oxygen atoms in total. The van der Waals surface area contributed by atoms with Crippen molar-refractivity contribution in [2.45, 2.75) is 69.5 Å². The van der Waals surface area contributed by atoms with Crippen molar-refractivity contribution in [3.05, 3.63) is 29.8 Å². The van der Waals surface area contributed by atoms with Gasteiger partial charge >= 0.3 is 0 Å². The van der Waals surface area contributed by atoms with E-state index in [4.69, 9.17) is 14.3 Å². The van der Waals surface area contributed by atoms with Gasteiger partial charge < -0.3 is 9.47 Å². The van der Waals surface area contributed by atoms with Crippen LogP contribution >= 0.6 is 0 Å². The standard InChI is InChI=1S/C20H27NO3/c1-22-18-10-9-15(13-19(18)23-16-7-3-4-8-16)17-14-20(24-21-17)11-5-2-6-12-20/h9-10,13-14,16,21H,2-8,11-12H2,1H3. The first-order valence-corrected chi connectivity index (χ1v) is 9.30. The number of hydroxylamine groups is 1. The molecule has 0 saturated heterocycles. The molecule has 1 aliphatic heterocycles. The summed E-state index contributed by atoms with van der Waals surface area (Å²) < 4.78 is 11.7. The highest BCUT2D eigenvalue weighted by Crippen LogP contribution is 2.40. The average Bonchev–Trinajstić information content (AvgIpc) is 3.26. The Bertz CT molecular complexity index is 613. The van der Waals surface area contributed by atoms with Crippen molar-refractivity contribution < 1.29 is 14.3 Å². The Hall–Kier alpha value is -1.68. The summed E-state index contributed by atoms with van der Waals surface area (Å²) in [5.41, 5.74) is 5.20. The van der Waals surface area contributed by atoms with Gasteiger partial charge in [0.2, 0.25) is 0 Å². The van der Waals surface area contributed by atoms with Gasteiger partial charge in [-0.1, -0.05) is 19.3 Å². The molecule has 0 bridgehead atoms. The predicted octanol–water partition coefficient (Wildman–Crippen LogP) is 4.60. The lowest BCUT2D eigenvalue weighted by atomic mass is 9.84. The van der Waals surface area contributed by atoms with Gasteiger partial charge in [0.15, 0.2) is 11.5 Å². The predicted molar refractivity (Wildman–Crippen MR) is 93.9 cm³/mol. The maximum Gasteiger partial charge on any atom is 0.162 e. The Labute approximate surface area is 144 Å². The molecule has 0 amide bonds. The second-order valence-electron chi connectivity index (χ2n) is 7.28. The number of hydrogen-bond donors (Lipinski definition) is 1. The molecule has 24 heavy (non-hydrogen) atoms. The van der Waals surface area contributed by atoms with Crippen molar-refractivity contribution in [2.75, 3.05) is 7.11 Å². The molecule has 1 heterocycles. The van der Waals surface area contributed by atoms with Gasteiger partial charge in [-0.15, -0.1) is 0 Å². The number of rotatable bonds is 4. The Kier molecular flexibility index (Phi) is 4.40. The summed E-state index contributed by atoms with van der Waals surface area (Å²) in [4.78, 5) is 5.96. The zero-order valence-electron chi connectivity index (χ0n) is 14.5. The van der Waals surface area contributed by atoms with E-state index in [0.29, 0.717) is 6.10 Å². The van der Waals surface area contributed by atoms with E-state index >= 15 is 0 Å². The third-order valence-electron chi connectivity index (χ3n) is 5.54. The van der Waals surface area contributed by atoms with E-state index in [2.05, 4.69) is 23.7 Å². The number of methoxy groups -OCH3 is 1. The molecule has 0 radical (unpaired) electrons. The number of hydrogen-bond acceptors (Lipinski definition) is 4. The van der Waals surface area contributed by atoms with Crippen LogP contribution in [0.4, 0.5) is 0 Å².